The minimum absolute atomic E-state index is 0.190. The first kappa shape index (κ1) is 17.6. The number of piperidine rings is 1. The lowest BCUT2D eigenvalue weighted by Crippen LogP contribution is -2.38. The maximum absolute atomic E-state index is 13.0. The predicted octanol–water partition coefficient (Wildman–Crippen LogP) is 3.66. The van der Waals surface area contributed by atoms with Crippen LogP contribution in [0.3, 0.4) is 0 Å². The third-order valence-electron chi connectivity index (χ3n) is 4.81. The van der Waals surface area contributed by atoms with E-state index in [1.165, 1.54) is 12.1 Å². The molecule has 140 valence electrons. The van der Waals surface area contributed by atoms with E-state index in [2.05, 4.69) is 25.3 Å². The highest BCUT2D eigenvalue weighted by molar-refractivity contribution is 5.68. The van der Waals surface area contributed by atoms with Crippen LogP contribution in [-0.2, 0) is 6.54 Å². The summed E-state index contributed by atoms with van der Waals surface area (Å²) in [6.07, 6.45) is 3.79. The second-order valence-electron chi connectivity index (χ2n) is 6.87. The molecule has 0 amide bonds. The van der Waals surface area contributed by atoms with Crippen LogP contribution in [0, 0.1) is 12.7 Å². The van der Waals surface area contributed by atoms with Gasteiger partial charge in [0.25, 0.3) is 5.89 Å². The second kappa shape index (κ2) is 7.84. The van der Waals surface area contributed by atoms with Crippen molar-refractivity contribution in [1.82, 2.24) is 20.0 Å². The van der Waals surface area contributed by atoms with Gasteiger partial charge in [0, 0.05) is 31.9 Å². The molecule has 1 saturated heterocycles. The Morgan fingerprint density at radius 2 is 1.96 bits per heavy atom. The number of aromatic nitrogens is 3. The molecular weight excluding hydrogens is 345 g/mol. The van der Waals surface area contributed by atoms with Crippen LogP contribution < -0.4 is 5.32 Å². The van der Waals surface area contributed by atoms with E-state index < -0.39 is 0 Å². The van der Waals surface area contributed by atoms with Gasteiger partial charge < -0.3 is 9.84 Å². The number of aryl methyl sites for hydroxylation is 1. The molecule has 1 fully saturated rings. The number of nitrogens with one attached hydrogen (secondary N) is 1. The van der Waals surface area contributed by atoms with E-state index in [0.717, 1.165) is 49.4 Å². The Morgan fingerprint density at radius 1 is 1.19 bits per heavy atom. The molecule has 0 atom stereocenters. The fourth-order valence-corrected chi connectivity index (χ4v) is 3.38. The van der Waals surface area contributed by atoms with Crippen LogP contribution in [0.25, 0.3) is 11.5 Å². The molecule has 1 aliphatic rings. The van der Waals surface area contributed by atoms with Crippen LogP contribution in [0.1, 0.15) is 24.2 Å². The van der Waals surface area contributed by atoms with Gasteiger partial charge in [-0.25, -0.2) is 9.37 Å². The van der Waals surface area contributed by atoms with Gasteiger partial charge in [-0.05, 0) is 49.6 Å². The zero-order valence-corrected chi connectivity index (χ0v) is 15.2. The number of pyridine rings is 1. The summed E-state index contributed by atoms with van der Waals surface area (Å²) in [6, 6.07) is 10.9. The topological polar surface area (TPSA) is 67.1 Å². The Morgan fingerprint density at radius 3 is 2.67 bits per heavy atom. The molecule has 0 saturated carbocycles. The third-order valence-corrected chi connectivity index (χ3v) is 4.81. The SMILES string of the molecule is Cc1noc(-c2cccnc2NC2CCN(Cc3ccc(F)cc3)CC2)n1. The smallest absolute Gasteiger partial charge is 0.261 e. The van der Waals surface area contributed by atoms with Gasteiger partial charge in [0.2, 0.25) is 0 Å². The number of anilines is 1. The number of halogens is 1. The zero-order chi connectivity index (χ0) is 18.6. The van der Waals surface area contributed by atoms with Gasteiger partial charge in [-0.15, -0.1) is 0 Å². The predicted molar refractivity (Wildman–Crippen MR) is 101 cm³/mol. The van der Waals surface area contributed by atoms with Crippen molar-refractivity contribution in [3.8, 4) is 11.5 Å². The number of hydrogen-bond donors (Lipinski definition) is 1. The van der Waals surface area contributed by atoms with Crippen LogP contribution >= 0.6 is 0 Å². The lowest BCUT2D eigenvalue weighted by atomic mass is 10.0. The maximum atomic E-state index is 13.0. The van der Waals surface area contributed by atoms with E-state index in [1.807, 2.05) is 24.3 Å². The molecule has 0 unspecified atom stereocenters. The summed E-state index contributed by atoms with van der Waals surface area (Å²) in [4.78, 5) is 11.2. The van der Waals surface area contributed by atoms with Gasteiger partial charge in [-0.2, -0.15) is 4.98 Å². The maximum Gasteiger partial charge on any atom is 0.261 e. The average molecular weight is 367 g/mol. The van der Waals surface area contributed by atoms with Crippen molar-refractivity contribution in [2.24, 2.45) is 0 Å². The fourth-order valence-electron chi connectivity index (χ4n) is 3.38. The first-order chi connectivity index (χ1) is 13.2. The molecule has 3 heterocycles. The van der Waals surface area contributed by atoms with Gasteiger partial charge in [-0.3, -0.25) is 4.90 Å². The van der Waals surface area contributed by atoms with Crippen molar-refractivity contribution in [3.05, 3.63) is 59.8 Å². The normalized spacial score (nSPS) is 15.8. The first-order valence-electron chi connectivity index (χ1n) is 9.16. The molecule has 2 aromatic heterocycles. The molecule has 0 radical (unpaired) electrons. The van der Waals surface area contributed by atoms with Gasteiger partial charge in [0.15, 0.2) is 5.82 Å². The molecule has 1 aliphatic heterocycles. The highest BCUT2D eigenvalue weighted by Crippen LogP contribution is 2.26. The third kappa shape index (κ3) is 4.31. The molecule has 6 nitrogen and oxygen atoms in total. The lowest BCUT2D eigenvalue weighted by Gasteiger charge is -2.32. The Labute approximate surface area is 157 Å². The summed E-state index contributed by atoms with van der Waals surface area (Å²) in [6.45, 7) is 4.62. The standard InChI is InChI=1S/C20H22FN5O/c1-14-23-20(27-25-14)18-3-2-10-22-19(18)24-17-8-11-26(12-9-17)13-15-4-6-16(21)7-5-15/h2-7,10,17H,8-9,11-13H2,1H3,(H,22,24). The van der Waals surface area contributed by atoms with Crippen molar-refractivity contribution in [2.45, 2.75) is 32.4 Å². The Bertz CT molecular complexity index is 887. The van der Waals surface area contributed by atoms with E-state index in [0.29, 0.717) is 17.8 Å². The number of benzene rings is 1. The molecule has 27 heavy (non-hydrogen) atoms. The highest BCUT2D eigenvalue weighted by Gasteiger charge is 2.21. The summed E-state index contributed by atoms with van der Waals surface area (Å²) in [5, 5.41) is 7.40. The van der Waals surface area contributed by atoms with Crippen molar-refractivity contribution in [1.29, 1.82) is 0 Å². The summed E-state index contributed by atoms with van der Waals surface area (Å²) in [7, 11) is 0. The molecule has 7 heteroatoms. The van der Waals surface area contributed by atoms with Crippen LogP contribution in [0.4, 0.5) is 10.2 Å². The van der Waals surface area contributed by atoms with Gasteiger partial charge in [-0.1, -0.05) is 17.3 Å². The van der Waals surface area contributed by atoms with E-state index in [9.17, 15) is 4.39 Å². The molecule has 1 N–H and O–H groups in total. The lowest BCUT2D eigenvalue weighted by molar-refractivity contribution is 0.211. The minimum atomic E-state index is -0.190. The quantitative estimate of drug-likeness (QED) is 0.742. The van der Waals surface area contributed by atoms with Gasteiger partial charge in [0.1, 0.15) is 11.6 Å². The molecular formula is C20H22FN5O. The Kier molecular flexibility index (Phi) is 5.11. The van der Waals surface area contributed by atoms with E-state index in [4.69, 9.17) is 4.52 Å². The number of hydrogen-bond acceptors (Lipinski definition) is 6. The fraction of sp³-hybridized carbons (Fsp3) is 0.350. The Hall–Kier alpha value is -2.80. The highest BCUT2D eigenvalue weighted by atomic mass is 19.1. The summed E-state index contributed by atoms with van der Waals surface area (Å²) in [5.74, 6) is 1.67. The van der Waals surface area contributed by atoms with E-state index in [-0.39, 0.29) is 5.82 Å². The van der Waals surface area contributed by atoms with E-state index >= 15 is 0 Å². The average Bonchev–Trinajstić information content (AvgIpc) is 3.12. The molecule has 1 aromatic carbocycles. The number of likely N-dealkylation sites (tertiary alicyclic amines) is 1. The van der Waals surface area contributed by atoms with Gasteiger partial charge in [0.05, 0.1) is 5.56 Å². The van der Waals surface area contributed by atoms with E-state index in [1.54, 1.807) is 13.1 Å². The molecule has 4 rings (SSSR count). The second-order valence-corrected chi connectivity index (χ2v) is 6.87. The molecule has 0 spiro atoms. The van der Waals surface area contributed by atoms with Crippen LogP contribution in [0.5, 0.6) is 0 Å². The van der Waals surface area contributed by atoms with Crippen LogP contribution in [0.2, 0.25) is 0 Å². The van der Waals surface area contributed by atoms with Crippen molar-refractivity contribution < 1.29 is 8.91 Å². The Balaban J connectivity index is 1.36. The molecule has 0 aliphatic carbocycles. The minimum Gasteiger partial charge on any atom is -0.367 e. The summed E-state index contributed by atoms with van der Waals surface area (Å²) in [5.41, 5.74) is 1.97. The summed E-state index contributed by atoms with van der Waals surface area (Å²) < 4.78 is 18.3. The largest absolute Gasteiger partial charge is 0.367 e. The summed E-state index contributed by atoms with van der Waals surface area (Å²) >= 11 is 0. The van der Waals surface area contributed by atoms with Gasteiger partial charge >= 0.3 is 0 Å². The van der Waals surface area contributed by atoms with Crippen LogP contribution in [0.15, 0.2) is 47.1 Å². The molecule has 0 bridgehead atoms. The van der Waals surface area contributed by atoms with Crippen LogP contribution in [-0.4, -0.2) is 39.2 Å². The monoisotopic (exact) mass is 367 g/mol. The number of nitrogens with zero attached hydrogens (tertiary/aromatic N) is 4. The van der Waals surface area contributed by atoms with Crippen molar-refractivity contribution in [2.75, 3.05) is 18.4 Å². The molecule has 3 aromatic rings. The van der Waals surface area contributed by atoms with Crippen molar-refractivity contribution in [3.63, 3.8) is 0 Å². The number of rotatable bonds is 5. The first-order valence-corrected chi connectivity index (χ1v) is 9.16. The van der Waals surface area contributed by atoms with Crippen molar-refractivity contribution >= 4 is 5.82 Å². The zero-order valence-electron chi connectivity index (χ0n) is 15.2.